The predicted octanol–water partition coefficient (Wildman–Crippen LogP) is 2.79. The number of nitrogens with one attached hydrogen (secondary N) is 2. The number of halogens is 1. The molecule has 2 aromatic rings. The van der Waals surface area contributed by atoms with Gasteiger partial charge in [-0.3, -0.25) is 0 Å². The Morgan fingerprint density at radius 3 is 3.00 bits per heavy atom. The van der Waals surface area contributed by atoms with E-state index in [1.165, 1.54) is 4.88 Å². The van der Waals surface area contributed by atoms with Crippen LogP contribution in [0, 0.1) is 0 Å². The first-order valence-electron chi connectivity index (χ1n) is 5.16. The van der Waals surface area contributed by atoms with Crippen molar-refractivity contribution in [3.63, 3.8) is 0 Å². The van der Waals surface area contributed by atoms with Gasteiger partial charge in [-0.15, -0.1) is 16.4 Å². The summed E-state index contributed by atoms with van der Waals surface area (Å²) in [6.07, 6.45) is 0. The van der Waals surface area contributed by atoms with Crippen LogP contribution in [0.1, 0.15) is 23.7 Å². The zero-order valence-corrected chi connectivity index (χ0v) is 11.9. The highest BCUT2D eigenvalue weighted by Gasteiger charge is 2.11. The molecular weight excluding hydrogens is 304 g/mol. The van der Waals surface area contributed by atoms with Crippen molar-refractivity contribution in [3.8, 4) is 0 Å². The average molecular weight is 317 g/mol. The number of aromatic nitrogens is 2. The highest BCUT2D eigenvalue weighted by atomic mass is 79.9. The van der Waals surface area contributed by atoms with E-state index in [0.717, 1.165) is 4.47 Å². The largest absolute Gasteiger partial charge is 0.406 e. The first-order valence-corrected chi connectivity index (χ1v) is 6.83. The molecule has 2 aromatic heterocycles. The van der Waals surface area contributed by atoms with E-state index in [2.05, 4.69) is 42.8 Å². The summed E-state index contributed by atoms with van der Waals surface area (Å²) in [4.78, 5) is 1.21. The van der Waals surface area contributed by atoms with Crippen LogP contribution < -0.4 is 10.6 Å². The SMILES string of the molecule is CNC(C)c1nnc(NCc2cc(Br)cs2)o1. The molecule has 7 heteroatoms. The summed E-state index contributed by atoms with van der Waals surface area (Å²) in [6, 6.07) is 2.58. The summed E-state index contributed by atoms with van der Waals surface area (Å²) in [7, 11) is 1.85. The first-order chi connectivity index (χ1) is 8.19. The van der Waals surface area contributed by atoms with Gasteiger partial charge in [-0.2, -0.15) is 0 Å². The third kappa shape index (κ3) is 3.27. The third-order valence-corrected chi connectivity index (χ3v) is 3.98. The van der Waals surface area contributed by atoms with Gasteiger partial charge in [0.05, 0.1) is 12.6 Å². The lowest BCUT2D eigenvalue weighted by Gasteiger charge is -2.02. The molecule has 0 amide bonds. The van der Waals surface area contributed by atoms with E-state index >= 15 is 0 Å². The minimum Gasteiger partial charge on any atom is -0.406 e. The fraction of sp³-hybridized carbons (Fsp3) is 0.400. The quantitative estimate of drug-likeness (QED) is 0.888. The van der Waals surface area contributed by atoms with Crippen LogP contribution in [0.5, 0.6) is 0 Å². The lowest BCUT2D eigenvalue weighted by Crippen LogP contribution is -2.12. The molecule has 5 nitrogen and oxygen atoms in total. The van der Waals surface area contributed by atoms with E-state index in [4.69, 9.17) is 4.42 Å². The molecule has 0 spiro atoms. The lowest BCUT2D eigenvalue weighted by atomic mass is 10.3. The van der Waals surface area contributed by atoms with Gasteiger partial charge in [-0.25, -0.2) is 0 Å². The molecule has 2 heterocycles. The maximum absolute atomic E-state index is 5.46. The molecule has 0 aliphatic carbocycles. The summed E-state index contributed by atoms with van der Waals surface area (Å²) < 4.78 is 6.55. The van der Waals surface area contributed by atoms with E-state index in [0.29, 0.717) is 18.5 Å². The highest BCUT2D eigenvalue weighted by molar-refractivity contribution is 9.10. The van der Waals surface area contributed by atoms with E-state index in [-0.39, 0.29) is 6.04 Å². The molecule has 0 aromatic carbocycles. The summed E-state index contributed by atoms with van der Waals surface area (Å²) in [5.41, 5.74) is 0. The van der Waals surface area contributed by atoms with Crippen molar-refractivity contribution in [2.24, 2.45) is 0 Å². The predicted molar refractivity (Wildman–Crippen MR) is 71.1 cm³/mol. The second-order valence-corrected chi connectivity index (χ2v) is 5.45. The molecule has 2 N–H and O–H groups in total. The summed E-state index contributed by atoms with van der Waals surface area (Å²) in [6.45, 7) is 2.65. The van der Waals surface area contributed by atoms with Crippen molar-refractivity contribution >= 4 is 33.3 Å². The van der Waals surface area contributed by atoms with E-state index in [1.807, 2.05) is 19.4 Å². The van der Waals surface area contributed by atoms with Gasteiger partial charge in [0, 0.05) is 14.7 Å². The van der Waals surface area contributed by atoms with Crippen LogP contribution in [0.2, 0.25) is 0 Å². The van der Waals surface area contributed by atoms with E-state index < -0.39 is 0 Å². The molecule has 0 aliphatic heterocycles. The van der Waals surface area contributed by atoms with Gasteiger partial charge in [0.2, 0.25) is 5.89 Å². The Hall–Kier alpha value is -0.920. The molecule has 17 heavy (non-hydrogen) atoms. The Kier molecular flexibility index (Phi) is 4.14. The molecule has 0 saturated carbocycles. The van der Waals surface area contributed by atoms with Crippen molar-refractivity contribution in [1.29, 1.82) is 0 Å². The highest BCUT2D eigenvalue weighted by Crippen LogP contribution is 2.21. The smallest absolute Gasteiger partial charge is 0.315 e. The summed E-state index contributed by atoms with van der Waals surface area (Å²) in [5, 5.41) is 16.1. The molecule has 1 unspecified atom stereocenters. The number of thiophene rings is 1. The van der Waals surface area contributed by atoms with Crippen molar-refractivity contribution in [3.05, 3.63) is 26.7 Å². The van der Waals surface area contributed by atoms with Crippen molar-refractivity contribution in [2.45, 2.75) is 19.5 Å². The first kappa shape index (κ1) is 12.5. The molecule has 0 saturated heterocycles. The van der Waals surface area contributed by atoms with Gasteiger partial charge >= 0.3 is 6.01 Å². The Balaban J connectivity index is 1.93. The van der Waals surface area contributed by atoms with Crippen LogP contribution >= 0.6 is 27.3 Å². The zero-order chi connectivity index (χ0) is 12.3. The van der Waals surface area contributed by atoms with E-state index in [9.17, 15) is 0 Å². The van der Waals surface area contributed by atoms with Crippen molar-refractivity contribution in [2.75, 3.05) is 12.4 Å². The Labute approximate surface area is 112 Å². The zero-order valence-electron chi connectivity index (χ0n) is 9.53. The van der Waals surface area contributed by atoms with Crippen LogP contribution in [-0.4, -0.2) is 17.2 Å². The van der Waals surface area contributed by atoms with Gasteiger partial charge in [0.15, 0.2) is 0 Å². The maximum atomic E-state index is 5.46. The van der Waals surface area contributed by atoms with Gasteiger partial charge in [0.25, 0.3) is 0 Å². The standard InChI is InChI=1S/C10H13BrN4OS/c1-6(12-2)9-14-15-10(16-9)13-4-8-3-7(11)5-17-8/h3,5-6,12H,4H2,1-2H3,(H,13,15). The molecular formula is C10H13BrN4OS. The van der Waals surface area contributed by atoms with Crippen LogP contribution in [-0.2, 0) is 6.54 Å². The summed E-state index contributed by atoms with van der Waals surface area (Å²) >= 11 is 5.09. The topological polar surface area (TPSA) is 63.0 Å². The van der Waals surface area contributed by atoms with Gasteiger partial charge in [-0.05, 0) is 36.0 Å². The average Bonchev–Trinajstić information content (AvgIpc) is 2.94. The van der Waals surface area contributed by atoms with E-state index in [1.54, 1.807) is 11.3 Å². The molecule has 0 fully saturated rings. The minimum absolute atomic E-state index is 0.0638. The monoisotopic (exact) mass is 316 g/mol. The molecule has 0 aliphatic rings. The van der Waals surface area contributed by atoms with Gasteiger partial charge < -0.3 is 15.1 Å². The van der Waals surface area contributed by atoms with Crippen molar-refractivity contribution in [1.82, 2.24) is 15.5 Å². The van der Waals surface area contributed by atoms with Crippen LogP contribution in [0.4, 0.5) is 6.01 Å². The summed E-state index contributed by atoms with van der Waals surface area (Å²) in [5.74, 6) is 0.586. The molecule has 1 atom stereocenters. The Morgan fingerprint density at radius 1 is 1.53 bits per heavy atom. The molecule has 92 valence electrons. The fourth-order valence-corrected chi connectivity index (χ4v) is 2.60. The van der Waals surface area contributed by atoms with Crippen LogP contribution in [0.3, 0.4) is 0 Å². The van der Waals surface area contributed by atoms with Crippen LogP contribution in [0.25, 0.3) is 0 Å². The Bertz CT molecular complexity index is 484. The minimum atomic E-state index is 0.0638. The number of anilines is 1. The second kappa shape index (κ2) is 5.61. The Morgan fingerprint density at radius 2 is 2.35 bits per heavy atom. The maximum Gasteiger partial charge on any atom is 0.315 e. The normalized spacial score (nSPS) is 12.6. The van der Waals surface area contributed by atoms with Crippen molar-refractivity contribution < 1.29 is 4.42 Å². The number of hydrogen-bond acceptors (Lipinski definition) is 6. The molecule has 0 bridgehead atoms. The lowest BCUT2D eigenvalue weighted by molar-refractivity contribution is 0.441. The second-order valence-electron chi connectivity index (χ2n) is 3.54. The molecule has 2 rings (SSSR count). The van der Waals surface area contributed by atoms with Gasteiger partial charge in [0.1, 0.15) is 0 Å². The fourth-order valence-electron chi connectivity index (χ4n) is 1.21. The van der Waals surface area contributed by atoms with Crippen LogP contribution in [0.15, 0.2) is 20.3 Å². The number of hydrogen-bond donors (Lipinski definition) is 2. The molecule has 0 radical (unpaired) electrons. The number of nitrogens with zero attached hydrogens (tertiary/aromatic N) is 2. The van der Waals surface area contributed by atoms with Gasteiger partial charge in [-0.1, -0.05) is 5.10 Å². The number of rotatable bonds is 5. The third-order valence-electron chi connectivity index (χ3n) is 2.28.